The molecule has 2 atom stereocenters. The fraction of sp³-hybridized carbons (Fsp3) is 0.364. The highest BCUT2D eigenvalue weighted by molar-refractivity contribution is 6.01. The summed E-state index contributed by atoms with van der Waals surface area (Å²) in [6.07, 6.45) is -10.1. The Morgan fingerprint density at radius 3 is 2.15 bits per heavy atom. The maximum atomic E-state index is 13.4. The van der Waals surface area contributed by atoms with Gasteiger partial charge in [0.1, 0.15) is 0 Å². The molecule has 2 aliphatic heterocycles. The van der Waals surface area contributed by atoms with Crippen molar-refractivity contribution < 1.29 is 40.7 Å². The second-order valence-electron chi connectivity index (χ2n) is 7.93. The van der Waals surface area contributed by atoms with Gasteiger partial charge >= 0.3 is 12.4 Å². The lowest BCUT2D eigenvalue weighted by Crippen LogP contribution is -2.52. The average molecular weight is 487 g/mol. The molecule has 0 spiro atoms. The Kier molecular flexibility index (Phi) is 6.30. The predicted octanol–water partition coefficient (Wildman–Crippen LogP) is 3.66. The zero-order valence-corrected chi connectivity index (χ0v) is 17.5. The predicted molar refractivity (Wildman–Crippen MR) is 106 cm³/mol. The maximum absolute atomic E-state index is 13.4. The van der Waals surface area contributed by atoms with E-state index in [1.165, 1.54) is 18.2 Å². The minimum absolute atomic E-state index is 0.00486. The number of benzene rings is 2. The van der Waals surface area contributed by atoms with Crippen LogP contribution in [0.1, 0.15) is 44.6 Å². The molecule has 2 aromatic carbocycles. The van der Waals surface area contributed by atoms with Crippen LogP contribution in [-0.2, 0) is 21.9 Å². The van der Waals surface area contributed by atoms with E-state index in [0.717, 1.165) is 0 Å². The fourth-order valence-corrected chi connectivity index (χ4v) is 4.08. The molecular formula is C22H19F6N3O3. The fourth-order valence-electron chi connectivity index (χ4n) is 4.08. The summed E-state index contributed by atoms with van der Waals surface area (Å²) in [5.74, 6) is -2.66. The summed E-state index contributed by atoms with van der Waals surface area (Å²) in [5, 5.41) is 3.99. The first-order valence-electron chi connectivity index (χ1n) is 10.3. The number of ether oxygens (including phenoxy) is 1. The summed E-state index contributed by atoms with van der Waals surface area (Å²) >= 11 is 0. The van der Waals surface area contributed by atoms with E-state index >= 15 is 0 Å². The third-order valence-electron chi connectivity index (χ3n) is 5.69. The molecule has 6 nitrogen and oxygen atoms in total. The van der Waals surface area contributed by atoms with Gasteiger partial charge in [-0.2, -0.15) is 26.3 Å². The number of alkyl halides is 6. The van der Waals surface area contributed by atoms with Crippen molar-refractivity contribution in [1.82, 2.24) is 15.8 Å². The maximum Gasteiger partial charge on any atom is 0.416 e. The minimum Gasteiger partial charge on any atom is -0.379 e. The van der Waals surface area contributed by atoms with Gasteiger partial charge in [-0.1, -0.05) is 18.2 Å². The summed E-state index contributed by atoms with van der Waals surface area (Å²) in [6.45, 7) is 1.37. The Morgan fingerprint density at radius 1 is 0.971 bits per heavy atom. The molecule has 4 rings (SSSR count). The highest BCUT2D eigenvalue weighted by Crippen LogP contribution is 2.42. The van der Waals surface area contributed by atoms with Crippen LogP contribution < -0.4 is 10.7 Å². The molecule has 1 fully saturated rings. The topological polar surface area (TPSA) is 70.7 Å². The van der Waals surface area contributed by atoms with Gasteiger partial charge in [-0.05, 0) is 35.4 Å². The molecule has 2 aromatic rings. The van der Waals surface area contributed by atoms with Gasteiger partial charge in [-0.25, -0.2) is 5.01 Å². The van der Waals surface area contributed by atoms with E-state index in [-0.39, 0.29) is 17.2 Å². The molecule has 0 saturated carbocycles. The van der Waals surface area contributed by atoms with Crippen LogP contribution in [0.25, 0.3) is 0 Å². The van der Waals surface area contributed by atoms with Crippen molar-refractivity contribution in [2.75, 3.05) is 26.3 Å². The van der Waals surface area contributed by atoms with E-state index in [1.54, 1.807) is 11.1 Å². The summed E-state index contributed by atoms with van der Waals surface area (Å²) in [5.41, 5.74) is -0.570. The van der Waals surface area contributed by atoms with Crippen molar-refractivity contribution in [2.24, 2.45) is 0 Å². The number of rotatable bonds is 3. The number of hydrazine groups is 1. The van der Waals surface area contributed by atoms with Gasteiger partial charge in [0, 0.05) is 18.7 Å². The second-order valence-corrected chi connectivity index (χ2v) is 7.93. The lowest BCUT2D eigenvalue weighted by atomic mass is 9.80. The number of hydrogen-bond donors (Lipinski definition) is 2. The summed E-state index contributed by atoms with van der Waals surface area (Å²) in [7, 11) is 0. The van der Waals surface area contributed by atoms with Gasteiger partial charge in [0.2, 0.25) is 5.91 Å². The van der Waals surface area contributed by atoms with E-state index in [1.807, 2.05) is 0 Å². The second kappa shape index (κ2) is 8.91. The Balaban J connectivity index is 1.81. The van der Waals surface area contributed by atoms with E-state index in [2.05, 4.69) is 10.7 Å². The van der Waals surface area contributed by atoms with Crippen LogP contribution >= 0.6 is 0 Å². The van der Waals surface area contributed by atoms with Crippen LogP contribution in [0, 0.1) is 0 Å². The van der Waals surface area contributed by atoms with Gasteiger partial charge in [-0.15, -0.1) is 0 Å². The molecule has 0 aliphatic carbocycles. The average Bonchev–Trinajstić information content (AvgIpc) is 2.78. The Labute approximate surface area is 189 Å². The van der Waals surface area contributed by atoms with Crippen LogP contribution in [0.15, 0.2) is 42.5 Å². The number of nitrogens with one attached hydrogen (secondary N) is 2. The van der Waals surface area contributed by atoms with E-state index in [4.69, 9.17) is 4.74 Å². The summed E-state index contributed by atoms with van der Waals surface area (Å²) in [4.78, 5) is 26.0. The van der Waals surface area contributed by atoms with Gasteiger partial charge in [0.05, 0.1) is 36.3 Å². The molecule has 182 valence electrons. The molecule has 2 aliphatic rings. The van der Waals surface area contributed by atoms with Gasteiger partial charge in [0.25, 0.3) is 5.91 Å². The van der Waals surface area contributed by atoms with Crippen LogP contribution in [0.3, 0.4) is 0 Å². The van der Waals surface area contributed by atoms with Crippen molar-refractivity contribution in [2.45, 2.75) is 24.3 Å². The first-order valence-corrected chi connectivity index (χ1v) is 10.3. The van der Waals surface area contributed by atoms with E-state index in [9.17, 15) is 35.9 Å². The Morgan fingerprint density at radius 2 is 1.56 bits per heavy atom. The Bertz CT molecular complexity index is 1060. The normalized spacial score (nSPS) is 21.5. The largest absolute Gasteiger partial charge is 0.416 e. The first-order chi connectivity index (χ1) is 15.9. The number of morpholine rings is 1. The minimum atomic E-state index is -5.07. The number of carbonyl (C=O) groups excluding carboxylic acids is 2. The number of hydrogen-bond acceptors (Lipinski definition) is 4. The van der Waals surface area contributed by atoms with Gasteiger partial charge < -0.3 is 10.1 Å². The highest BCUT2D eigenvalue weighted by Gasteiger charge is 2.43. The first kappa shape index (κ1) is 24.0. The standard InChI is InChI=1S/C22H19F6N3O3/c23-21(24,25)13-9-12(10-14(11-13)22(26,27)28)18-17(20(33)30-31-5-7-34-8-6-31)15-3-1-2-4-16(15)19(32)29-18/h1-4,9-11,17-18H,5-8H2,(H,29,32)(H,30,33)/t17-,18+/m0/s1. The molecule has 0 aromatic heterocycles. The lowest BCUT2D eigenvalue weighted by Gasteiger charge is -2.36. The number of fused-ring (bicyclic) bond motifs is 1. The lowest BCUT2D eigenvalue weighted by molar-refractivity contribution is -0.143. The number of halogens is 6. The van der Waals surface area contributed by atoms with Gasteiger partial charge in [-0.3, -0.25) is 15.0 Å². The summed E-state index contributed by atoms with van der Waals surface area (Å²) in [6, 6.07) is 5.58. The zero-order chi connectivity index (χ0) is 24.7. The molecule has 0 radical (unpaired) electrons. The molecule has 2 N–H and O–H groups in total. The molecule has 2 amide bonds. The number of amides is 2. The smallest absolute Gasteiger partial charge is 0.379 e. The zero-order valence-electron chi connectivity index (χ0n) is 17.5. The molecule has 34 heavy (non-hydrogen) atoms. The third kappa shape index (κ3) is 4.87. The van der Waals surface area contributed by atoms with Crippen molar-refractivity contribution in [1.29, 1.82) is 0 Å². The quantitative estimate of drug-likeness (QED) is 0.649. The van der Waals surface area contributed by atoms with E-state index in [0.29, 0.717) is 38.4 Å². The Hall–Kier alpha value is -3.12. The molecule has 0 bridgehead atoms. The van der Waals surface area contributed by atoms with Crippen molar-refractivity contribution in [3.63, 3.8) is 0 Å². The van der Waals surface area contributed by atoms with Crippen LogP contribution in [0.2, 0.25) is 0 Å². The SMILES string of the molecule is O=C1N[C@H](c2cc(C(F)(F)F)cc(C(F)(F)F)c2)[C@@H](C(=O)NN2CCOCC2)c2ccccc21. The monoisotopic (exact) mass is 487 g/mol. The molecule has 1 saturated heterocycles. The molecule has 0 unspecified atom stereocenters. The van der Waals surface area contributed by atoms with Crippen LogP contribution in [0.4, 0.5) is 26.3 Å². The van der Waals surface area contributed by atoms with Crippen molar-refractivity contribution >= 4 is 11.8 Å². The molecule has 2 heterocycles. The molecular weight excluding hydrogens is 468 g/mol. The van der Waals surface area contributed by atoms with Crippen molar-refractivity contribution in [3.05, 3.63) is 70.3 Å². The third-order valence-corrected chi connectivity index (χ3v) is 5.69. The highest BCUT2D eigenvalue weighted by atomic mass is 19.4. The number of nitrogens with zero attached hydrogens (tertiary/aromatic N) is 1. The van der Waals surface area contributed by atoms with Crippen molar-refractivity contribution in [3.8, 4) is 0 Å². The molecule has 12 heteroatoms. The number of carbonyl (C=O) groups is 2. The summed E-state index contributed by atoms with van der Waals surface area (Å²) < 4.78 is 85.8. The van der Waals surface area contributed by atoms with Crippen LogP contribution in [0.5, 0.6) is 0 Å². The van der Waals surface area contributed by atoms with Gasteiger partial charge in [0.15, 0.2) is 0 Å². The van der Waals surface area contributed by atoms with E-state index < -0.39 is 52.8 Å². The van der Waals surface area contributed by atoms with Crippen LogP contribution in [-0.4, -0.2) is 43.1 Å².